The number of thioether (sulfide) groups is 1. The van der Waals surface area contributed by atoms with Gasteiger partial charge in [0.2, 0.25) is 5.91 Å². The number of hydrogen-bond donors (Lipinski definition) is 3. The highest BCUT2D eigenvalue weighted by Crippen LogP contribution is 2.30. The molecule has 2 amide bonds. The molecule has 35 heavy (non-hydrogen) atoms. The predicted octanol–water partition coefficient (Wildman–Crippen LogP) is 6.06. The third-order valence-corrected chi connectivity index (χ3v) is 7.50. The first-order chi connectivity index (χ1) is 16.9. The van der Waals surface area contributed by atoms with E-state index in [1.165, 1.54) is 29.2 Å². The lowest BCUT2D eigenvalue weighted by Gasteiger charge is -2.15. The number of aromatic carboxylic acids is 1. The largest absolute Gasteiger partial charge is 0.478 e. The van der Waals surface area contributed by atoms with Crippen molar-refractivity contribution >= 4 is 62.5 Å². The molecule has 0 aliphatic carbocycles. The minimum atomic E-state index is -1.09. The third-order valence-electron chi connectivity index (χ3n) is 5.26. The second-order valence-corrected chi connectivity index (χ2v) is 9.93. The van der Waals surface area contributed by atoms with Crippen LogP contribution in [0.25, 0.3) is 10.8 Å². The number of carbonyl (C=O) groups excluding carboxylic acids is 2. The Morgan fingerprint density at radius 3 is 2.40 bits per heavy atom. The summed E-state index contributed by atoms with van der Waals surface area (Å²) in [5, 5.41) is 18.5. The van der Waals surface area contributed by atoms with E-state index in [2.05, 4.69) is 15.6 Å². The number of rotatable bonds is 8. The van der Waals surface area contributed by atoms with Gasteiger partial charge in [-0.1, -0.05) is 37.3 Å². The maximum absolute atomic E-state index is 13.1. The van der Waals surface area contributed by atoms with E-state index in [0.717, 1.165) is 10.6 Å². The molecule has 9 heteroatoms. The highest BCUT2D eigenvalue weighted by atomic mass is 32.2. The molecule has 0 aliphatic rings. The normalized spacial score (nSPS) is 11.7. The quantitative estimate of drug-likeness (QED) is 0.251. The number of aromatic nitrogens is 1. The molecule has 0 aliphatic heterocycles. The van der Waals surface area contributed by atoms with Crippen molar-refractivity contribution in [1.29, 1.82) is 0 Å². The maximum atomic E-state index is 13.1. The Hall–Kier alpha value is -3.69. The smallest absolute Gasteiger partial charge is 0.336 e. The second-order valence-electron chi connectivity index (χ2n) is 7.79. The van der Waals surface area contributed by atoms with Crippen molar-refractivity contribution in [3.63, 3.8) is 0 Å². The van der Waals surface area contributed by atoms with E-state index in [1.807, 2.05) is 25.3 Å². The van der Waals surface area contributed by atoms with Crippen molar-refractivity contribution in [3.05, 3.63) is 82.9 Å². The van der Waals surface area contributed by atoms with Gasteiger partial charge in [-0.05, 0) is 49.1 Å². The van der Waals surface area contributed by atoms with Crippen LogP contribution in [0.15, 0.2) is 70.9 Å². The Labute approximate surface area is 210 Å². The fourth-order valence-electron chi connectivity index (χ4n) is 3.64. The molecular weight excluding hydrogens is 482 g/mol. The lowest BCUT2D eigenvalue weighted by atomic mass is 9.98. The Kier molecular flexibility index (Phi) is 7.48. The number of benzene rings is 3. The van der Waals surface area contributed by atoms with E-state index in [9.17, 15) is 19.5 Å². The van der Waals surface area contributed by atoms with Crippen molar-refractivity contribution in [2.75, 3.05) is 10.6 Å². The van der Waals surface area contributed by atoms with Gasteiger partial charge in [-0.3, -0.25) is 9.59 Å². The minimum Gasteiger partial charge on any atom is -0.478 e. The van der Waals surface area contributed by atoms with Gasteiger partial charge in [-0.15, -0.1) is 23.1 Å². The third kappa shape index (κ3) is 5.70. The summed E-state index contributed by atoms with van der Waals surface area (Å²) in [6, 6.07) is 17.3. The zero-order valence-electron chi connectivity index (χ0n) is 19.1. The highest BCUT2D eigenvalue weighted by molar-refractivity contribution is 8.00. The summed E-state index contributed by atoms with van der Waals surface area (Å²) in [7, 11) is 0. The first kappa shape index (κ1) is 24.4. The fraction of sp³-hybridized carbons (Fsp3) is 0.154. The molecule has 0 fully saturated rings. The van der Waals surface area contributed by atoms with Crippen LogP contribution in [-0.4, -0.2) is 33.1 Å². The van der Waals surface area contributed by atoms with Crippen molar-refractivity contribution in [2.24, 2.45) is 0 Å². The van der Waals surface area contributed by atoms with Crippen LogP contribution in [0.4, 0.5) is 10.8 Å². The van der Waals surface area contributed by atoms with E-state index in [0.29, 0.717) is 28.0 Å². The van der Waals surface area contributed by atoms with Gasteiger partial charge in [0, 0.05) is 26.9 Å². The zero-order valence-corrected chi connectivity index (χ0v) is 20.7. The number of carbonyl (C=O) groups is 3. The molecule has 178 valence electrons. The number of amides is 2. The van der Waals surface area contributed by atoms with E-state index < -0.39 is 11.9 Å². The average Bonchev–Trinajstić information content (AvgIpc) is 3.26. The molecule has 4 aromatic rings. The molecule has 4 rings (SSSR count). The summed E-state index contributed by atoms with van der Waals surface area (Å²) in [5.41, 5.74) is 1.76. The number of nitrogens with one attached hydrogen (secondary N) is 2. The molecule has 3 N–H and O–H groups in total. The fourth-order valence-corrected chi connectivity index (χ4v) is 5.34. The summed E-state index contributed by atoms with van der Waals surface area (Å²) in [6.45, 7) is 3.81. The van der Waals surface area contributed by atoms with Gasteiger partial charge < -0.3 is 15.7 Å². The lowest BCUT2D eigenvalue weighted by Crippen LogP contribution is -2.24. The van der Waals surface area contributed by atoms with Gasteiger partial charge in [0.05, 0.1) is 16.5 Å². The number of fused-ring (bicyclic) bond motifs is 1. The van der Waals surface area contributed by atoms with Crippen molar-refractivity contribution < 1.29 is 19.5 Å². The lowest BCUT2D eigenvalue weighted by molar-refractivity contribution is -0.115. The molecule has 3 aromatic carbocycles. The van der Waals surface area contributed by atoms with Crippen LogP contribution in [0.5, 0.6) is 0 Å². The van der Waals surface area contributed by atoms with Crippen LogP contribution < -0.4 is 10.6 Å². The van der Waals surface area contributed by atoms with Crippen LogP contribution in [0.2, 0.25) is 0 Å². The SMILES string of the molecule is CCC(Sc1cccc(NC(=O)c2cccc3cccc(C(=O)O)c23)c1)C(=O)Nc1nc(C)cs1. The van der Waals surface area contributed by atoms with Gasteiger partial charge in [-0.25, -0.2) is 9.78 Å². The molecule has 1 aromatic heterocycles. The number of hydrogen-bond acceptors (Lipinski definition) is 6. The zero-order chi connectivity index (χ0) is 24.9. The summed E-state index contributed by atoms with van der Waals surface area (Å²) < 4.78 is 0. The predicted molar refractivity (Wildman–Crippen MR) is 141 cm³/mol. The van der Waals surface area contributed by atoms with Gasteiger partial charge in [0.1, 0.15) is 0 Å². The summed E-state index contributed by atoms with van der Waals surface area (Å²) in [5.74, 6) is -1.63. The topological polar surface area (TPSA) is 108 Å². The van der Waals surface area contributed by atoms with Crippen molar-refractivity contribution in [2.45, 2.75) is 30.4 Å². The maximum Gasteiger partial charge on any atom is 0.336 e. The number of carboxylic acids is 1. The molecule has 0 saturated heterocycles. The Balaban J connectivity index is 1.52. The Morgan fingerprint density at radius 2 is 1.74 bits per heavy atom. The van der Waals surface area contributed by atoms with Gasteiger partial charge in [0.15, 0.2) is 5.13 Å². The van der Waals surface area contributed by atoms with Crippen LogP contribution in [0.3, 0.4) is 0 Å². The minimum absolute atomic E-state index is 0.0739. The number of aryl methyl sites for hydroxylation is 1. The standard InChI is InChI=1S/C26H23N3O4S2/c1-3-21(24(31)29-26-27-15(2)14-34-26)35-18-10-6-9-17(13-18)28-23(30)19-11-4-7-16-8-5-12-20(22(16)19)25(32)33/h4-14,21H,3H2,1-2H3,(H,28,30)(H,32,33)(H,27,29,31). The molecular formula is C26H23N3O4S2. The average molecular weight is 506 g/mol. The molecule has 0 radical (unpaired) electrons. The summed E-state index contributed by atoms with van der Waals surface area (Å²) >= 11 is 2.79. The highest BCUT2D eigenvalue weighted by Gasteiger charge is 2.20. The molecule has 0 saturated carbocycles. The molecule has 1 unspecified atom stereocenters. The van der Waals surface area contributed by atoms with Crippen molar-refractivity contribution in [3.8, 4) is 0 Å². The Morgan fingerprint density at radius 1 is 1.03 bits per heavy atom. The first-order valence-corrected chi connectivity index (χ1v) is 12.7. The summed E-state index contributed by atoms with van der Waals surface area (Å²) in [4.78, 5) is 42.7. The van der Waals surface area contributed by atoms with Crippen LogP contribution in [-0.2, 0) is 4.79 Å². The molecule has 0 bridgehead atoms. The Bertz CT molecular complexity index is 1410. The summed E-state index contributed by atoms with van der Waals surface area (Å²) in [6.07, 6.45) is 0.616. The molecule has 0 spiro atoms. The van der Waals surface area contributed by atoms with E-state index in [4.69, 9.17) is 0 Å². The van der Waals surface area contributed by atoms with E-state index in [1.54, 1.807) is 48.5 Å². The second kappa shape index (κ2) is 10.7. The molecule has 1 heterocycles. The van der Waals surface area contributed by atoms with Crippen LogP contribution >= 0.6 is 23.1 Å². The van der Waals surface area contributed by atoms with Crippen LogP contribution in [0, 0.1) is 6.92 Å². The van der Waals surface area contributed by atoms with Crippen LogP contribution in [0.1, 0.15) is 39.8 Å². The number of nitrogens with zero attached hydrogens (tertiary/aromatic N) is 1. The van der Waals surface area contributed by atoms with E-state index in [-0.39, 0.29) is 22.3 Å². The molecule has 1 atom stereocenters. The number of carboxylic acid groups (broad SMARTS) is 1. The number of thiazole rings is 1. The van der Waals surface area contributed by atoms with Gasteiger partial charge >= 0.3 is 5.97 Å². The number of anilines is 2. The first-order valence-electron chi connectivity index (χ1n) is 10.9. The monoisotopic (exact) mass is 505 g/mol. The molecule has 7 nitrogen and oxygen atoms in total. The van der Waals surface area contributed by atoms with Gasteiger partial charge in [0.25, 0.3) is 5.91 Å². The van der Waals surface area contributed by atoms with Gasteiger partial charge in [-0.2, -0.15) is 0 Å². The van der Waals surface area contributed by atoms with Crippen molar-refractivity contribution in [1.82, 2.24) is 4.98 Å². The van der Waals surface area contributed by atoms with E-state index >= 15 is 0 Å².